The zero-order valence-corrected chi connectivity index (χ0v) is 12.5. The lowest BCUT2D eigenvalue weighted by Crippen LogP contribution is -2.31. The highest BCUT2D eigenvalue weighted by atomic mass is 16.6. The minimum atomic E-state index is -0.654. The van der Waals surface area contributed by atoms with Crippen LogP contribution >= 0.6 is 0 Å². The molecule has 0 spiro atoms. The Morgan fingerprint density at radius 2 is 1.45 bits per heavy atom. The summed E-state index contributed by atoms with van der Waals surface area (Å²) in [7, 11) is 0. The molecule has 0 aromatic heterocycles. The molecule has 20 heavy (non-hydrogen) atoms. The molecular weight excluding hydrogens is 258 g/mol. The maximum absolute atomic E-state index is 11.9. The van der Waals surface area contributed by atoms with Gasteiger partial charge < -0.3 is 9.47 Å². The third kappa shape index (κ3) is 5.72. The van der Waals surface area contributed by atoms with Gasteiger partial charge in [-0.1, -0.05) is 33.1 Å². The summed E-state index contributed by atoms with van der Waals surface area (Å²) in [6.07, 6.45) is 6.66. The summed E-state index contributed by atoms with van der Waals surface area (Å²) in [6.45, 7) is 4.40. The molecule has 0 aromatic carbocycles. The fraction of sp³-hybridized carbons (Fsp3) is 0.800. The Bertz CT molecular complexity index is 324. The van der Waals surface area contributed by atoms with E-state index in [-0.39, 0.29) is 11.8 Å². The van der Waals surface area contributed by atoms with E-state index in [0.29, 0.717) is 26.1 Å². The van der Waals surface area contributed by atoms with Gasteiger partial charge in [0.2, 0.25) is 5.71 Å². The molecule has 0 unspecified atom stereocenters. The van der Waals surface area contributed by atoms with E-state index in [1.165, 1.54) is 6.42 Å². The normalized spacial score (nSPS) is 15.5. The van der Waals surface area contributed by atoms with Gasteiger partial charge in [0, 0.05) is 0 Å². The van der Waals surface area contributed by atoms with E-state index < -0.39 is 11.9 Å². The maximum atomic E-state index is 11.9. The fourth-order valence-electron chi connectivity index (χ4n) is 2.11. The van der Waals surface area contributed by atoms with Crippen LogP contribution in [0.3, 0.4) is 0 Å². The second-order valence-electron chi connectivity index (χ2n) is 5.04. The second-order valence-corrected chi connectivity index (χ2v) is 5.04. The summed E-state index contributed by atoms with van der Waals surface area (Å²) < 4.78 is 10.1. The monoisotopic (exact) mass is 283 g/mol. The van der Waals surface area contributed by atoms with Crippen LogP contribution in [-0.2, 0) is 19.1 Å². The molecule has 1 fully saturated rings. The first kappa shape index (κ1) is 16.7. The van der Waals surface area contributed by atoms with Crippen LogP contribution in [0.5, 0.6) is 0 Å². The van der Waals surface area contributed by atoms with Crippen molar-refractivity contribution in [1.82, 2.24) is 0 Å². The maximum Gasteiger partial charge on any atom is 0.364 e. The van der Waals surface area contributed by atoms with E-state index in [1.807, 2.05) is 13.8 Å². The molecule has 0 saturated heterocycles. The predicted molar refractivity (Wildman–Crippen MR) is 76.8 cm³/mol. The Morgan fingerprint density at radius 3 is 1.90 bits per heavy atom. The van der Waals surface area contributed by atoms with E-state index in [9.17, 15) is 9.59 Å². The standard InChI is InChI=1S/C15H25NO4/c1-3-10-19-14(17)13(15(18)20-11-4-2)16-12-8-6-5-7-9-12/h12H,3-11H2,1-2H3. The number of carbonyl (C=O) groups is 2. The number of ether oxygens (including phenoxy) is 2. The summed E-state index contributed by atoms with van der Waals surface area (Å²) in [6, 6.07) is 0.0436. The molecule has 0 N–H and O–H groups in total. The average molecular weight is 283 g/mol. The summed E-state index contributed by atoms with van der Waals surface area (Å²) in [5.74, 6) is -1.31. The molecule has 0 amide bonds. The van der Waals surface area contributed by atoms with Crippen LogP contribution in [0, 0.1) is 0 Å². The van der Waals surface area contributed by atoms with Gasteiger partial charge in [-0.05, 0) is 25.7 Å². The lowest BCUT2D eigenvalue weighted by molar-refractivity contribution is -0.141. The van der Waals surface area contributed by atoms with Gasteiger partial charge in [-0.25, -0.2) is 9.59 Å². The van der Waals surface area contributed by atoms with Crippen molar-refractivity contribution < 1.29 is 19.1 Å². The molecule has 5 heteroatoms. The molecular formula is C15H25NO4. The van der Waals surface area contributed by atoms with Crippen LogP contribution in [0.15, 0.2) is 4.99 Å². The fourth-order valence-corrected chi connectivity index (χ4v) is 2.11. The molecule has 0 bridgehead atoms. The summed E-state index contributed by atoms with van der Waals surface area (Å²) in [4.78, 5) is 28.2. The average Bonchev–Trinajstić information content (AvgIpc) is 2.48. The molecule has 114 valence electrons. The van der Waals surface area contributed by atoms with Crippen molar-refractivity contribution in [3.63, 3.8) is 0 Å². The van der Waals surface area contributed by atoms with E-state index in [4.69, 9.17) is 9.47 Å². The van der Waals surface area contributed by atoms with Crippen LogP contribution in [0.1, 0.15) is 58.8 Å². The Kier molecular flexibility index (Phi) is 7.92. The quantitative estimate of drug-likeness (QED) is 0.409. The first-order valence-corrected chi connectivity index (χ1v) is 7.61. The minimum Gasteiger partial charge on any atom is -0.461 e. The van der Waals surface area contributed by atoms with E-state index in [1.54, 1.807) is 0 Å². The number of nitrogens with zero attached hydrogens (tertiary/aromatic N) is 1. The largest absolute Gasteiger partial charge is 0.461 e. The minimum absolute atomic E-state index is 0.0436. The lowest BCUT2D eigenvalue weighted by atomic mass is 9.96. The van der Waals surface area contributed by atoms with Crippen molar-refractivity contribution in [3.8, 4) is 0 Å². The number of rotatable bonds is 7. The van der Waals surface area contributed by atoms with Crippen molar-refractivity contribution in [2.45, 2.75) is 64.8 Å². The van der Waals surface area contributed by atoms with Gasteiger partial charge in [0.15, 0.2) is 0 Å². The van der Waals surface area contributed by atoms with Crippen molar-refractivity contribution in [1.29, 1.82) is 0 Å². The van der Waals surface area contributed by atoms with Gasteiger partial charge in [-0.2, -0.15) is 0 Å². The summed E-state index contributed by atoms with van der Waals surface area (Å²) in [5, 5.41) is 0. The highest BCUT2D eigenvalue weighted by molar-refractivity contribution is 6.62. The van der Waals surface area contributed by atoms with Crippen molar-refractivity contribution in [3.05, 3.63) is 0 Å². The molecule has 0 heterocycles. The van der Waals surface area contributed by atoms with Gasteiger partial charge in [0.05, 0.1) is 19.3 Å². The molecule has 0 radical (unpaired) electrons. The first-order chi connectivity index (χ1) is 9.69. The first-order valence-electron chi connectivity index (χ1n) is 7.61. The predicted octanol–water partition coefficient (Wildman–Crippen LogP) is 2.67. The third-order valence-corrected chi connectivity index (χ3v) is 3.15. The Labute approximate surface area is 120 Å². The third-order valence-electron chi connectivity index (χ3n) is 3.15. The van der Waals surface area contributed by atoms with Crippen LogP contribution < -0.4 is 0 Å². The number of aliphatic imine (C=N–C) groups is 1. The second kappa shape index (κ2) is 9.50. The topological polar surface area (TPSA) is 65.0 Å². The van der Waals surface area contributed by atoms with Crippen LogP contribution in [0.2, 0.25) is 0 Å². The molecule has 5 nitrogen and oxygen atoms in total. The van der Waals surface area contributed by atoms with Crippen LogP contribution in [0.4, 0.5) is 0 Å². The number of esters is 2. The van der Waals surface area contributed by atoms with Crippen LogP contribution in [0.25, 0.3) is 0 Å². The summed E-state index contributed by atoms with van der Waals surface area (Å²) in [5.41, 5.74) is -0.168. The SMILES string of the molecule is CCCOC(=O)C(=NC1CCCCC1)C(=O)OCCC. The molecule has 0 aliphatic heterocycles. The van der Waals surface area contributed by atoms with Gasteiger partial charge in [-0.3, -0.25) is 4.99 Å². The van der Waals surface area contributed by atoms with Crippen LogP contribution in [-0.4, -0.2) is 36.9 Å². The van der Waals surface area contributed by atoms with Crippen molar-refractivity contribution in [2.24, 2.45) is 4.99 Å². The molecule has 0 atom stereocenters. The van der Waals surface area contributed by atoms with Gasteiger partial charge >= 0.3 is 11.9 Å². The number of carbonyl (C=O) groups excluding carboxylic acids is 2. The Morgan fingerprint density at radius 1 is 0.950 bits per heavy atom. The molecule has 1 saturated carbocycles. The highest BCUT2D eigenvalue weighted by Crippen LogP contribution is 2.20. The highest BCUT2D eigenvalue weighted by Gasteiger charge is 2.26. The lowest BCUT2D eigenvalue weighted by Gasteiger charge is -2.18. The molecule has 0 aromatic rings. The summed E-state index contributed by atoms with van der Waals surface area (Å²) >= 11 is 0. The van der Waals surface area contributed by atoms with Crippen molar-refractivity contribution in [2.75, 3.05) is 13.2 Å². The molecule has 1 aliphatic carbocycles. The van der Waals surface area contributed by atoms with E-state index in [0.717, 1.165) is 25.7 Å². The number of hydrogen-bond acceptors (Lipinski definition) is 5. The molecule has 1 rings (SSSR count). The van der Waals surface area contributed by atoms with Gasteiger partial charge in [-0.15, -0.1) is 0 Å². The van der Waals surface area contributed by atoms with Gasteiger partial charge in [0.25, 0.3) is 0 Å². The zero-order chi connectivity index (χ0) is 14.8. The Balaban J connectivity index is 2.73. The number of hydrogen-bond donors (Lipinski definition) is 0. The molecule has 1 aliphatic rings. The zero-order valence-electron chi connectivity index (χ0n) is 12.5. The smallest absolute Gasteiger partial charge is 0.364 e. The van der Waals surface area contributed by atoms with E-state index >= 15 is 0 Å². The van der Waals surface area contributed by atoms with E-state index in [2.05, 4.69) is 4.99 Å². The Hall–Kier alpha value is -1.39. The van der Waals surface area contributed by atoms with Crippen molar-refractivity contribution >= 4 is 17.7 Å². The van der Waals surface area contributed by atoms with Gasteiger partial charge in [0.1, 0.15) is 0 Å².